The second-order valence-electron chi connectivity index (χ2n) is 6.65. The number of nitro groups is 1. The Kier molecular flexibility index (Phi) is 5.34. The fourth-order valence-electron chi connectivity index (χ4n) is 3.17. The van der Waals surface area contributed by atoms with Gasteiger partial charge in [-0.15, -0.1) is 4.68 Å². The van der Waals surface area contributed by atoms with Crippen molar-refractivity contribution in [3.8, 4) is 11.4 Å². The maximum absolute atomic E-state index is 12.6. The van der Waals surface area contributed by atoms with E-state index in [4.69, 9.17) is 0 Å². The number of hydrogen-bond acceptors (Lipinski definition) is 4. The molecule has 0 bridgehead atoms. The largest absolute Gasteiger partial charge is 0.856 e. The van der Waals surface area contributed by atoms with Gasteiger partial charge in [-0.05, 0) is 23.3 Å². The molecule has 1 heterocycles. The number of imidazole rings is 1. The Morgan fingerprint density at radius 1 is 0.933 bits per heavy atom. The lowest BCUT2D eigenvalue weighted by atomic mass is 10.2. The summed E-state index contributed by atoms with van der Waals surface area (Å²) in [6, 6.07) is 24.9. The first-order valence-corrected chi connectivity index (χ1v) is 9.33. The third-order valence-corrected chi connectivity index (χ3v) is 4.63. The van der Waals surface area contributed by atoms with Crippen LogP contribution in [-0.2, 0) is 6.54 Å². The summed E-state index contributed by atoms with van der Waals surface area (Å²) < 4.78 is 3.47. The van der Waals surface area contributed by atoms with Gasteiger partial charge in [-0.1, -0.05) is 65.8 Å². The summed E-state index contributed by atoms with van der Waals surface area (Å²) in [7, 11) is 0. The summed E-state index contributed by atoms with van der Waals surface area (Å²) in [6.45, 7) is 0.565. The molecule has 0 saturated heterocycles. The molecule has 1 aromatic heterocycles. The Hall–Kier alpha value is -4.26. The highest BCUT2D eigenvalue weighted by molar-refractivity contribution is 5.90. The van der Waals surface area contributed by atoms with E-state index < -0.39 is 4.92 Å². The van der Waals surface area contributed by atoms with E-state index in [1.54, 1.807) is 42.6 Å². The topological polar surface area (TPSA) is 87.4 Å². The number of nitro benzene ring substituents is 1. The summed E-state index contributed by atoms with van der Waals surface area (Å²) >= 11 is 0. The van der Waals surface area contributed by atoms with E-state index in [1.807, 2.05) is 47.2 Å². The molecule has 0 radical (unpaired) electrons. The molecule has 30 heavy (non-hydrogen) atoms. The molecular weight excluding hydrogens is 380 g/mol. The zero-order valence-electron chi connectivity index (χ0n) is 16.0. The third kappa shape index (κ3) is 4.10. The lowest BCUT2D eigenvalue weighted by Crippen LogP contribution is -2.35. The normalized spacial score (nSPS) is 11.4. The van der Waals surface area contributed by atoms with Crippen LogP contribution in [0.4, 0.5) is 5.69 Å². The van der Waals surface area contributed by atoms with Crippen molar-refractivity contribution in [2.24, 2.45) is 5.10 Å². The van der Waals surface area contributed by atoms with Crippen LogP contribution >= 0.6 is 0 Å². The maximum Gasteiger partial charge on any atom is 0.314 e. The van der Waals surface area contributed by atoms with Crippen LogP contribution in [-0.4, -0.2) is 15.5 Å². The van der Waals surface area contributed by atoms with Gasteiger partial charge in [-0.2, -0.15) is 0 Å². The lowest BCUT2D eigenvalue weighted by molar-refractivity contribution is -0.676. The molecule has 0 aliphatic carbocycles. The Morgan fingerprint density at radius 2 is 1.57 bits per heavy atom. The highest BCUT2D eigenvalue weighted by Gasteiger charge is 2.21. The van der Waals surface area contributed by atoms with Crippen molar-refractivity contribution in [2.75, 3.05) is 0 Å². The van der Waals surface area contributed by atoms with Crippen LogP contribution in [0.3, 0.4) is 0 Å². The number of rotatable bonds is 6. The molecule has 0 spiro atoms. The van der Waals surface area contributed by atoms with Gasteiger partial charge in [0.2, 0.25) is 0 Å². The van der Waals surface area contributed by atoms with Crippen LogP contribution in [0.5, 0.6) is 0 Å². The van der Waals surface area contributed by atoms with Crippen LogP contribution < -0.4 is 9.67 Å². The van der Waals surface area contributed by atoms with E-state index in [1.165, 1.54) is 16.8 Å². The van der Waals surface area contributed by atoms with Crippen LogP contribution in [0.2, 0.25) is 0 Å². The van der Waals surface area contributed by atoms with E-state index >= 15 is 0 Å². The summed E-state index contributed by atoms with van der Waals surface area (Å²) in [5.74, 6) is 0.277. The highest BCUT2D eigenvalue weighted by atomic mass is 16.6. The van der Waals surface area contributed by atoms with E-state index in [-0.39, 0.29) is 11.6 Å². The first-order valence-electron chi connectivity index (χ1n) is 9.33. The molecule has 4 aromatic rings. The van der Waals surface area contributed by atoms with Gasteiger partial charge in [0.25, 0.3) is 5.69 Å². The van der Waals surface area contributed by atoms with Gasteiger partial charge in [0.05, 0.1) is 10.5 Å². The molecule has 148 valence electrons. The molecule has 0 amide bonds. The van der Waals surface area contributed by atoms with Crippen LogP contribution in [0.15, 0.2) is 102 Å². The Morgan fingerprint density at radius 3 is 2.20 bits per heavy atom. The van der Waals surface area contributed by atoms with Gasteiger partial charge in [-0.3, -0.25) is 10.1 Å². The fourth-order valence-corrected chi connectivity index (χ4v) is 3.17. The molecule has 3 aromatic carbocycles. The average Bonchev–Trinajstić information content (AvgIpc) is 3.17. The average molecular weight is 398 g/mol. The van der Waals surface area contributed by atoms with Gasteiger partial charge in [0.1, 0.15) is 12.7 Å². The van der Waals surface area contributed by atoms with Gasteiger partial charge < -0.3 is 5.11 Å². The summed E-state index contributed by atoms with van der Waals surface area (Å²) in [5.41, 5.74) is 2.28. The van der Waals surface area contributed by atoms with E-state index in [0.717, 1.165) is 5.56 Å². The monoisotopic (exact) mass is 398 g/mol. The molecule has 0 N–H and O–H groups in total. The lowest BCUT2D eigenvalue weighted by Gasteiger charge is -2.09. The number of nitrogens with zero attached hydrogens (tertiary/aromatic N) is 4. The van der Waals surface area contributed by atoms with E-state index in [9.17, 15) is 15.2 Å². The number of non-ortho nitro benzene ring substituents is 1. The van der Waals surface area contributed by atoms with Crippen molar-refractivity contribution in [3.05, 3.63) is 119 Å². The molecule has 0 saturated carbocycles. The predicted octanol–water partition coefficient (Wildman–Crippen LogP) is 2.97. The zero-order chi connectivity index (χ0) is 20.9. The number of benzene rings is 3. The van der Waals surface area contributed by atoms with Crippen molar-refractivity contribution in [1.82, 2.24) is 4.68 Å². The minimum absolute atomic E-state index is 0.00349. The maximum atomic E-state index is 12.6. The van der Waals surface area contributed by atoms with E-state index in [0.29, 0.717) is 23.5 Å². The number of hydrogen-bond donors (Lipinski definition) is 0. The van der Waals surface area contributed by atoms with Gasteiger partial charge in [0, 0.05) is 18.0 Å². The second kappa shape index (κ2) is 8.40. The molecular formula is C23H18N4O3. The van der Waals surface area contributed by atoms with Crippen molar-refractivity contribution in [3.63, 3.8) is 0 Å². The molecule has 7 nitrogen and oxygen atoms in total. The Labute approximate surface area is 172 Å². The van der Waals surface area contributed by atoms with Crippen LogP contribution in [0, 0.1) is 10.1 Å². The molecule has 0 aliphatic heterocycles. The Balaban J connectivity index is 1.79. The minimum Gasteiger partial charge on any atom is -0.856 e. The molecule has 0 atom stereocenters. The van der Waals surface area contributed by atoms with Crippen molar-refractivity contribution in [2.45, 2.75) is 6.54 Å². The first kappa shape index (κ1) is 19.1. The van der Waals surface area contributed by atoms with Crippen LogP contribution in [0.25, 0.3) is 11.4 Å². The number of aromatic nitrogens is 2. The zero-order valence-corrected chi connectivity index (χ0v) is 16.0. The van der Waals surface area contributed by atoms with Gasteiger partial charge in [-0.25, -0.2) is 4.57 Å². The van der Waals surface area contributed by atoms with Crippen molar-refractivity contribution >= 4 is 11.6 Å². The fraction of sp³-hybridized carbons (Fsp3) is 0.0435. The van der Waals surface area contributed by atoms with Crippen LogP contribution in [0.1, 0.15) is 11.1 Å². The SMILES string of the molecule is O=[N+]([O-])c1ccc(-c2n(/N=C(\[O-])c3ccccc3)cc[n+]2Cc2ccccc2)cc1. The van der Waals surface area contributed by atoms with Gasteiger partial charge >= 0.3 is 5.82 Å². The molecule has 0 fully saturated rings. The molecule has 4 rings (SSSR count). The quantitative estimate of drug-likeness (QED) is 0.164. The second-order valence-corrected chi connectivity index (χ2v) is 6.65. The van der Waals surface area contributed by atoms with Gasteiger partial charge in [0.15, 0.2) is 6.20 Å². The van der Waals surface area contributed by atoms with Crippen molar-refractivity contribution < 1.29 is 14.6 Å². The smallest absolute Gasteiger partial charge is 0.314 e. The van der Waals surface area contributed by atoms with Crippen molar-refractivity contribution in [1.29, 1.82) is 0 Å². The Bertz CT molecular complexity index is 1180. The van der Waals surface area contributed by atoms with E-state index in [2.05, 4.69) is 5.10 Å². The highest BCUT2D eigenvalue weighted by Crippen LogP contribution is 2.21. The summed E-state index contributed by atoms with van der Waals surface area (Å²) in [6.07, 6.45) is 3.55. The summed E-state index contributed by atoms with van der Waals surface area (Å²) in [5, 5.41) is 27.9. The third-order valence-electron chi connectivity index (χ3n) is 4.63. The molecule has 0 unspecified atom stereocenters. The molecule has 0 aliphatic rings. The predicted molar refractivity (Wildman–Crippen MR) is 111 cm³/mol. The first-order chi connectivity index (χ1) is 14.6. The standard InChI is InChI=1S/C23H18N4O3/c28-22(19-9-5-2-6-10-19)24-26-16-15-25(17-18-7-3-1-4-8-18)23(26)20-11-13-21(14-12-20)27(29)30/h1-16H,17H2. The minimum atomic E-state index is -0.440. The molecule has 7 heteroatoms. The summed E-state index contributed by atoms with van der Waals surface area (Å²) in [4.78, 5) is 10.6.